The van der Waals surface area contributed by atoms with Crippen molar-refractivity contribution in [2.45, 2.75) is 65.0 Å². The van der Waals surface area contributed by atoms with Crippen molar-refractivity contribution < 1.29 is 9.90 Å². The Bertz CT molecular complexity index is 495. The number of carboxylic acid groups (broad SMARTS) is 1. The number of aliphatic carboxylic acids is 1. The van der Waals surface area contributed by atoms with Crippen LogP contribution in [-0.4, -0.2) is 17.1 Å². The molecule has 0 amide bonds. The van der Waals surface area contributed by atoms with E-state index in [2.05, 4.69) is 17.4 Å². The number of carbonyl (C=O) groups is 1. The van der Waals surface area contributed by atoms with Crippen molar-refractivity contribution in [3.8, 4) is 0 Å². The molecule has 1 aromatic carbocycles. The van der Waals surface area contributed by atoms with Crippen molar-refractivity contribution in [2.24, 2.45) is 0 Å². The first-order valence-electron chi connectivity index (χ1n) is 7.44. The molecule has 110 valence electrons. The van der Waals surface area contributed by atoms with Gasteiger partial charge in [0.25, 0.3) is 0 Å². The van der Waals surface area contributed by atoms with Gasteiger partial charge in [0.15, 0.2) is 0 Å². The summed E-state index contributed by atoms with van der Waals surface area (Å²) in [6, 6.07) is 4.45. The molecule has 3 nitrogen and oxygen atoms in total. The van der Waals surface area contributed by atoms with Gasteiger partial charge in [-0.2, -0.15) is 0 Å². The van der Waals surface area contributed by atoms with Crippen LogP contribution in [0.1, 0.15) is 54.9 Å². The lowest BCUT2D eigenvalue weighted by Gasteiger charge is -2.33. The lowest BCUT2D eigenvalue weighted by atomic mass is 9.83. The van der Waals surface area contributed by atoms with Crippen LogP contribution in [0.5, 0.6) is 0 Å². The van der Waals surface area contributed by atoms with Crippen LogP contribution in [0.15, 0.2) is 12.1 Å². The highest BCUT2D eigenvalue weighted by atomic mass is 16.4. The van der Waals surface area contributed by atoms with Crippen LogP contribution in [0, 0.1) is 20.8 Å². The minimum Gasteiger partial charge on any atom is -0.480 e. The van der Waals surface area contributed by atoms with E-state index in [1.165, 1.54) is 18.4 Å². The van der Waals surface area contributed by atoms with E-state index in [1.54, 1.807) is 6.92 Å². The second kappa shape index (κ2) is 5.57. The van der Waals surface area contributed by atoms with E-state index in [4.69, 9.17) is 0 Å². The maximum Gasteiger partial charge on any atom is 0.328 e. The predicted octanol–water partition coefficient (Wildman–Crippen LogP) is 3.44. The van der Waals surface area contributed by atoms with Crippen LogP contribution in [0.4, 0.5) is 0 Å². The van der Waals surface area contributed by atoms with Gasteiger partial charge in [0.05, 0.1) is 0 Å². The van der Waals surface area contributed by atoms with Crippen LogP contribution in [0.3, 0.4) is 0 Å². The molecule has 1 fully saturated rings. The minimum absolute atomic E-state index is 0.316. The van der Waals surface area contributed by atoms with E-state index < -0.39 is 11.5 Å². The molecule has 1 aliphatic carbocycles. The van der Waals surface area contributed by atoms with Gasteiger partial charge in [-0.15, -0.1) is 0 Å². The lowest BCUT2D eigenvalue weighted by molar-refractivity contribution is -0.145. The van der Waals surface area contributed by atoms with Crippen LogP contribution < -0.4 is 5.32 Å². The molecule has 0 radical (unpaired) electrons. The molecule has 1 saturated carbocycles. The zero-order chi connectivity index (χ0) is 14.9. The molecule has 0 aliphatic heterocycles. The fourth-order valence-corrected chi connectivity index (χ4v) is 3.69. The van der Waals surface area contributed by atoms with Crippen LogP contribution >= 0.6 is 0 Å². The monoisotopic (exact) mass is 275 g/mol. The summed E-state index contributed by atoms with van der Waals surface area (Å²) in [6.07, 6.45) is 4.54. The van der Waals surface area contributed by atoms with Crippen molar-refractivity contribution in [2.75, 3.05) is 0 Å². The zero-order valence-corrected chi connectivity index (χ0v) is 12.9. The molecule has 0 bridgehead atoms. The van der Waals surface area contributed by atoms with Crippen molar-refractivity contribution in [1.29, 1.82) is 0 Å². The van der Waals surface area contributed by atoms with Gasteiger partial charge in [0.1, 0.15) is 5.54 Å². The fourth-order valence-electron chi connectivity index (χ4n) is 3.69. The highest BCUT2D eigenvalue weighted by Crippen LogP contribution is 2.31. The summed E-state index contributed by atoms with van der Waals surface area (Å²) in [5.74, 6) is -0.792. The predicted molar refractivity (Wildman–Crippen MR) is 81.0 cm³/mol. The van der Waals surface area contributed by atoms with Crippen molar-refractivity contribution >= 4 is 5.97 Å². The highest BCUT2D eigenvalue weighted by molar-refractivity contribution is 5.81. The van der Waals surface area contributed by atoms with Gasteiger partial charge in [-0.05, 0) is 57.2 Å². The third-order valence-corrected chi connectivity index (χ3v) is 4.45. The van der Waals surface area contributed by atoms with Crippen LogP contribution in [-0.2, 0) is 10.3 Å². The SMILES string of the molecule is Cc1cc(C)c(C(C)(NC2CCCC2)C(=O)O)c(C)c1. The zero-order valence-electron chi connectivity index (χ0n) is 12.9. The molecule has 2 rings (SSSR count). The van der Waals surface area contributed by atoms with Gasteiger partial charge >= 0.3 is 5.97 Å². The van der Waals surface area contributed by atoms with Gasteiger partial charge in [-0.25, -0.2) is 4.79 Å². The highest BCUT2D eigenvalue weighted by Gasteiger charge is 2.39. The van der Waals surface area contributed by atoms with Crippen LogP contribution in [0.2, 0.25) is 0 Å². The summed E-state index contributed by atoms with van der Waals surface area (Å²) in [5, 5.41) is 13.2. The molecule has 1 atom stereocenters. The maximum atomic E-state index is 11.9. The van der Waals surface area contributed by atoms with Crippen LogP contribution in [0.25, 0.3) is 0 Å². The number of aryl methyl sites for hydroxylation is 3. The normalized spacial score (nSPS) is 19.0. The number of nitrogens with one attached hydrogen (secondary N) is 1. The smallest absolute Gasteiger partial charge is 0.328 e. The largest absolute Gasteiger partial charge is 0.480 e. The summed E-state index contributed by atoms with van der Waals surface area (Å²) in [6.45, 7) is 7.87. The quantitative estimate of drug-likeness (QED) is 0.885. The number of benzene rings is 1. The van der Waals surface area contributed by atoms with Crippen molar-refractivity contribution in [3.05, 3.63) is 34.4 Å². The number of carboxylic acids is 1. The first kappa shape index (κ1) is 15.0. The molecule has 20 heavy (non-hydrogen) atoms. The van der Waals surface area contributed by atoms with Gasteiger partial charge in [-0.1, -0.05) is 30.5 Å². The maximum absolute atomic E-state index is 11.9. The Morgan fingerprint density at radius 1 is 1.20 bits per heavy atom. The molecule has 1 unspecified atom stereocenters. The van der Waals surface area contributed by atoms with E-state index >= 15 is 0 Å². The average Bonchev–Trinajstić information content (AvgIpc) is 2.79. The lowest BCUT2D eigenvalue weighted by Crippen LogP contribution is -2.51. The van der Waals surface area contributed by atoms with Crippen molar-refractivity contribution in [1.82, 2.24) is 5.32 Å². The Morgan fingerprint density at radius 3 is 2.15 bits per heavy atom. The Kier molecular flexibility index (Phi) is 4.19. The molecule has 0 spiro atoms. The van der Waals surface area contributed by atoms with E-state index in [0.717, 1.165) is 29.5 Å². The Labute approximate surface area is 121 Å². The third-order valence-electron chi connectivity index (χ3n) is 4.45. The molecule has 1 aromatic rings. The summed E-state index contributed by atoms with van der Waals surface area (Å²) < 4.78 is 0. The second-order valence-electron chi connectivity index (χ2n) is 6.33. The van der Waals surface area contributed by atoms with E-state index in [-0.39, 0.29) is 0 Å². The standard InChI is InChI=1S/C17H25NO2/c1-11-9-12(2)15(13(3)10-11)17(4,16(19)20)18-14-7-5-6-8-14/h9-10,14,18H,5-8H2,1-4H3,(H,19,20). The topological polar surface area (TPSA) is 49.3 Å². The van der Waals surface area contributed by atoms with Gasteiger partial charge in [-0.3, -0.25) is 5.32 Å². The average molecular weight is 275 g/mol. The van der Waals surface area contributed by atoms with Gasteiger partial charge < -0.3 is 5.11 Å². The Hall–Kier alpha value is -1.35. The van der Waals surface area contributed by atoms with E-state index in [1.807, 2.05) is 20.8 Å². The number of hydrogen-bond acceptors (Lipinski definition) is 2. The number of rotatable bonds is 4. The van der Waals surface area contributed by atoms with Crippen molar-refractivity contribution in [3.63, 3.8) is 0 Å². The Morgan fingerprint density at radius 2 is 1.70 bits per heavy atom. The van der Waals surface area contributed by atoms with Gasteiger partial charge in [0.2, 0.25) is 0 Å². The molecular formula is C17H25NO2. The molecule has 0 heterocycles. The molecule has 2 N–H and O–H groups in total. The number of hydrogen-bond donors (Lipinski definition) is 2. The molecular weight excluding hydrogens is 250 g/mol. The summed E-state index contributed by atoms with van der Waals surface area (Å²) in [4.78, 5) is 11.9. The summed E-state index contributed by atoms with van der Waals surface area (Å²) in [5.41, 5.74) is 3.20. The molecule has 3 heteroatoms. The minimum atomic E-state index is -1.00. The first-order valence-corrected chi connectivity index (χ1v) is 7.44. The second-order valence-corrected chi connectivity index (χ2v) is 6.33. The molecule has 0 aromatic heterocycles. The van der Waals surface area contributed by atoms with Gasteiger partial charge in [0, 0.05) is 6.04 Å². The summed E-state index contributed by atoms with van der Waals surface area (Å²) in [7, 11) is 0. The molecule has 1 aliphatic rings. The third kappa shape index (κ3) is 2.73. The first-order chi connectivity index (χ1) is 9.34. The molecule has 0 saturated heterocycles. The van der Waals surface area contributed by atoms with E-state index in [9.17, 15) is 9.90 Å². The Balaban J connectivity index is 2.44. The fraction of sp³-hybridized carbons (Fsp3) is 0.588. The summed E-state index contributed by atoms with van der Waals surface area (Å²) >= 11 is 0. The van der Waals surface area contributed by atoms with E-state index in [0.29, 0.717) is 6.04 Å².